The van der Waals surface area contributed by atoms with Crippen molar-refractivity contribution in [3.05, 3.63) is 12.2 Å². The topological polar surface area (TPSA) is 55.8 Å². The molecular formula is C12H22O4. The summed E-state index contributed by atoms with van der Waals surface area (Å²) in [7, 11) is 0. The van der Waals surface area contributed by atoms with E-state index in [0.717, 1.165) is 0 Å². The van der Waals surface area contributed by atoms with Crippen LogP contribution in [0.3, 0.4) is 0 Å². The van der Waals surface area contributed by atoms with Gasteiger partial charge in [0.15, 0.2) is 6.29 Å². The Morgan fingerprint density at radius 2 is 1.94 bits per heavy atom. The molecule has 0 amide bonds. The number of carbonyl (C=O) groups is 1. The SMILES string of the molecule is C=C(CCCOC(C)OCC(C)C)C(=O)O. The van der Waals surface area contributed by atoms with Crippen LogP contribution in [0.25, 0.3) is 0 Å². The number of carboxylic acid groups (broad SMARTS) is 1. The maximum Gasteiger partial charge on any atom is 0.330 e. The summed E-state index contributed by atoms with van der Waals surface area (Å²) in [6.45, 7) is 10.6. The average Bonchev–Trinajstić information content (AvgIpc) is 2.20. The van der Waals surface area contributed by atoms with Crippen molar-refractivity contribution in [1.82, 2.24) is 0 Å². The monoisotopic (exact) mass is 230 g/mol. The number of rotatable bonds is 9. The van der Waals surface area contributed by atoms with Gasteiger partial charge in [-0.3, -0.25) is 0 Å². The van der Waals surface area contributed by atoms with Gasteiger partial charge in [0.2, 0.25) is 0 Å². The average molecular weight is 230 g/mol. The van der Waals surface area contributed by atoms with E-state index in [1.807, 2.05) is 6.92 Å². The molecule has 0 spiro atoms. The van der Waals surface area contributed by atoms with Gasteiger partial charge in [-0.25, -0.2) is 4.79 Å². The van der Waals surface area contributed by atoms with Gasteiger partial charge in [-0.15, -0.1) is 0 Å². The lowest BCUT2D eigenvalue weighted by molar-refractivity contribution is -0.137. The Morgan fingerprint density at radius 1 is 1.31 bits per heavy atom. The molecule has 0 saturated carbocycles. The third-order valence-corrected chi connectivity index (χ3v) is 1.94. The maximum atomic E-state index is 10.4. The Morgan fingerprint density at radius 3 is 2.44 bits per heavy atom. The summed E-state index contributed by atoms with van der Waals surface area (Å²) >= 11 is 0. The van der Waals surface area contributed by atoms with Gasteiger partial charge in [0.1, 0.15) is 0 Å². The summed E-state index contributed by atoms with van der Waals surface area (Å²) < 4.78 is 10.8. The molecule has 0 fully saturated rings. The third-order valence-electron chi connectivity index (χ3n) is 1.94. The van der Waals surface area contributed by atoms with Gasteiger partial charge in [-0.1, -0.05) is 20.4 Å². The molecule has 4 heteroatoms. The Bertz CT molecular complexity index is 223. The molecule has 1 N–H and O–H groups in total. The molecule has 0 saturated heterocycles. The fourth-order valence-electron chi connectivity index (χ4n) is 1.02. The van der Waals surface area contributed by atoms with E-state index in [2.05, 4.69) is 20.4 Å². The minimum atomic E-state index is -0.941. The molecule has 0 aromatic rings. The highest BCUT2D eigenvalue weighted by Crippen LogP contribution is 2.05. The largest absolute Gasteiger partial charge is 0.478 e. The van der Waals surface area contributed by atoms with Crippen molar-refractivity contribution in [3.63, 3.8) is 0 Å². The van der Waals surface area contributed by atoms with Crippen molar-refractivity contribution in [1.29, 1.82) is 0 Å². The molecule has 0 rings (SSSR count). The zero-order valence-corrected chi connectivity index (χ0v) is 10.4. The first-order chi connectivity index (χ1) is 7.43. The summed E-state index contributed by atoms with van der Waals surface area (Å²) in [6, 6.07) is 0. The zero-order chi connectivity index (χ0) is 12.6. The van der Waals surface area contributed by atoms with Gasteiger partial charge in [0.05, 0.1) is 13.2 Å². The first-order valence-corrected chi connectivity index (χ1v) is 5.57. The molecule has 0 aliphatic heterocycles. The lowest BCUT2D eigenvalue weighted by atomic mass is 10.2. The molecule has 94 valence electrons. The second-order valence-electron chi connectivity index (χ2n) is 4.18. The predicted molar refractivity (Wildman–Crippen MR) is 62.2 cm³/mol. The highest BCUT2D eigenvalue weighted by Gasteiger charge is 2.06. The van der Waals surface area contributed by atoms with E-state index in [1.165, 1.54) is 0 Å². The van der Waals surface area contributed by atoms with Crippen LogP contribution in [0.4, 0.5) is 0 Å². The van der Waals surface area contributed by atoms with Crippen molar-refractivity contribution < 1.29 is 19.4 Å². The summed E-state index contributed by atoms with van der Waals surface area (Å²) in [5, 5.41) is 8.57. The van der Waals surface area contributed by atoms with Crippen LogP contribution in [-0.2, 0) is 14.3 Å². The molecule has 0 radical (unpaired) electrons. The van der Waals surface area contributed by atoms with Gasteiger partial charge in [-0.05, 0) is 25.7 Å². The molecule has 1 unspecified atom stereocenters. The highest BCUT2D eigenvalue weighted by molar-refractivity contribution is 5.85. The van der Waals surface area contributed by atoms with Gasteiger partial charge in [0.25, 0.3) is 0 Å². The van der Waals surface area contributed by atoms with E-state index in [-0.39, 0.29) is 11.9 Å². The van der Waals surface area contributed by atoms with Crippen LogP contribution in [0, 0.1) is 5.92 Å². The van der Waals surface area contributed by atoms with E-state index in [0.29, 0.717) is 32.0 Å². The molecule has 4 nitrogen and oxygen atoms in total. The smallest absolute Gasteiger partial charge is 0.330 e. The van der Waals surface area contributed by atoms with E-state index < -0.39 is 5.97 Å². The molecule has 0 bridgehead atoms. The van der Waals surface area contributed by atoms with Crippen molar-refractivity contribution in [3.8, 4) is 0 Å². The van der Waals surface area contributed by atoms with Crippen molar-refractivity contribution in [2.75, 3.05) is 13.2 Å². The molecule has 0 aromatic carbocycles. The lowest BCUT2D eigenvalue weighted by Gasteiger charge is -2.15. The first kappa shape index (κ1) is 15.1. The fraction of sp³-hybridized carbons (Fsp3) is 0.750. The summed E-state index contributed by atoms with van der Waals surface area (Å²) in [6.07, 6.45) is 0.868. The molecule has 1 atom stereocenters. The molecule has 0 aliphatic rings. The molecule has 16 heavy (non-hydrogen) atoms. The van der Waals surface area contributed by atoms with Crippen LogP contribution < -0.4 is 0 Å². The summed E-state index contributed by atoms with van der Waals surface area (Å²) in [4.78, 5) is 10.4. The number of aliphatic carboxylic acids is 1. The Labute approximate surface area is 97.2 Å². The van der Waals surface area contributed by atoms with Crippen molar-refractivity contribution in [2.45, 2.75) is 39.9 Å². The van der Waals surface area contributed by atoms with Crippen LogP contribution in [-0.4, -0.2) is 30.6 Å². The predicted octanol–water partition coefficient (Wildman–Crippen LogP) is 2.44. The highest BCUT2D eigenvalue weighted by atomic mass is 16.7. The third kappa shape index (κ3) is 8.44. The second-order valence-corrected chi connectivity index (χ2v) is 4.18. The van der Waals surface area contributed by atoms with Gasteiger partial charge < -0.3 is 14.6 Å². The van der Waals surface area contributed by atoms with Crippen molar-refractivity contribution in [2.24, 2.45) is 5.92 Å². The Kier molecular flexibility index (Phi) is 7.85. The Balaban J connectivity index is 3.44. The Hall–Kier alpha value is -0.870. The standard InChI is InChI=1S/C12H22O4/c1-9(2)8-16-11(4)15-7-5-6-10(3)12(13)14/h9,11H,3,5-8H2,1-2,4H3,(H,13,14). The summed E-state index contributed by atoms with van der Waals surface area (Å²) in [5.74, 6) is -0.457. The normalized spacial score (nSPS) is 12.8. The number of ether oxygens (including phenoxy) is 2. The molecule has 0 aromatic heterocycles. The van der Waals surface area contributed by atoms with E-state index in [9.17, 15) is 4.79 Å². The van der Waals surface area contributed by atoms with Crippen molar-refractivity contribution >= 4 is 5.97 Å². The number of hydrogen-bond donors (Lipinski definition) is 1. The van der Waals surface area contributed by atoms with E-state index in [1.54, 1.807) is 0 Å². The van der Waals surface area contributed by atoms with Crippen LogP contribution in [0.2, 0.25) is 0 Å². The number of carboxylic acids is 1. The molecule has 0 aliphatic carbocycles. The van der Waals surface area contributed by atoms with Gasteiger partial charge in [-0.2, -0.15) is 0 Å². The zero-order valence-electron chi connectivity index (χ0n) is 10.4. The van der Waals surface area contributed by atoms with E-state index in [4.69, 9.17) is 14.6 Å². The molecular weight excluding hydrogens is 208 g/mol. The quantitative estimate of drug-likeness (QED) is 0.375. The van der Waals surface area contributed by atoms with Gasteiger partial charge in [0, 0.05) is 5.57 Å². The van der Waals surface area contributed by atoms with E-state index >= 15 is 0 Å². The second kappa shape index (κ2) is 8.30. The molecule has 0 heterocycles. The fourth-order valence-corrected chi connectivity index (χ4v) is 1.02. The first-order valence-electron chi connectivity index (χ1n) is 5.57. The van der Waals surface area contributed by atoms with Crippen LogP contribution in [0.5, 0.6) is 0 Å². The lowest BCUT2D eigenvalue weighted by Crippen LogP contribution is -2.17. The van der Waals surface area contributed by atoms with Gasteiger partial charge >= 0.3 is 5.97 Å². The maximum absolute atomic E-state index is 10.4. The van der Waals surface area contributed by atoms with Crippen LogP contribution in [0.1, 0.15) is 33.6 Å². The summed E-state index contributed by atoms with van der Waals surface area (Å²) in [5.41, 5.74) is 0.222. The van der Waals surface area contributed by atoms with Crippen LogP contribution in [0.15, 0.2) is 12.2 Å². The minimum Gasteiger partial charge on any atom is -0.478 e. The minimum absolute atomic E-state index is 0.222. The van der Waals surface area contributed by atoms with Crippen LogP contribution >= 0.6 is 0 Å². The number of hydrogen-bond acceptors (Lipinski definition) is 3.